The summed E-state index contributed by atoms with van der Waals surface area (Å²) >= 11 is 0. The van der Waals surface area contributed by atoms with Crippen LogP contribution in [0.2, 0.25) is 0 Å². The zero-order valence-electron chi connectivity index (χ0n) is 15.4. The van der Waals surface area contributed by atoms with Crippen molar-refractivity contribution in [2.75, 3.05) is 10.2 Å². The molecule has 0 radical (unpaired) electrons. The Hall–Kier alpha value is -2.29. The summed E-state index contributed by atoms with van der Waals surface area (Å²) in [7, 11) is 0. The van der Waals surface area contributed by atoms with Crippen molar-refractivity contribution in [1.82, 2.24) is 0 Å². The molecule has 0 bridgehead atoms. The average molecular weight is 336 g/mol. The number of carbonyl (C=O) groups is 1. The van der Waals surface area contributed by atoms with Crippen LogP contribution in [0.3, 0.4) is 0 Å². The lowest BCUT2D eigenvalue weighted by Crippen LogP contribution is -2.46. The summed E-state index contributed by atoms with van der Waals surface area (Å²) in [6.45, 7) is 6.37. The summed E-state index contributed by atoms with van der Waals surface area (Å²) in [4.78, 5) is 15.1. The van der Waals surface area contributed by atoms with Crippen LogP contribution >= 0.6 is 0 Å². The van der Waals surface area contributed by atoms with E-state index >= 15 is 0 Å². The first kappa shape index (κ1) is 17.5. The molecular formula is C22H28N2O. The number of anilines is 2. The Balaban J connectivity index is 1.93. The zero-order chi connectivity index (χ0) is 17.8. The van der Waals surface area contributed by atoms with Crippen LogP contribution < -0.4 is 10.2 Å². The van der Waals surface area contributed by atoms with Gasteiger partial charge in [0.05, 0.1) is 6.04 Å². The molecule has 3 nitrogen and oxygen atoms in total. The Bertz CT molecular complexity index is 709. The molecule has 1 aliphatic heterocycles. The van der Waals surface area contributed by atoms with E-state index in [9.17, 15) is 4.79 Å². The number of nitrogens with one attached hydrogen (secondary N) is 1. The molecule has 1 heterocycles. The summed E-state index contributed by atoms with van der Waals surface area (Å²) in [5, 5.41) is 3.65. The fourth-order valence-electron chi connectivity index (χ4n) is 3.86. The van der Waals surface area contributed by atoms with Gasteiger partial charge < -0.3 is 10.2 Å². The molecule has 0 aliphatic carbocycles. The smallest absolute Gasteiger partial charge is 0.230 e. The van der Waals surface area contributed by atoms with Crippen LogP contribution in [0.1, 0.15) is 51.6 Å². The van der Waals surface area contributed by atoms with Crippen molar-refractivity contribution >= 4 is 17.3 Å². The number of benzene rings is 2. The quantitative estimate of drug-likeness (QED) is 0.792. The number of para-hydroxylation sites is 2. The summed E-state index contributed by atoms with van der Waals surface area (Å²) < 4.78 is 0. The molecule has 2 aromatic carbocycles. The molecular weight excluding hydrogens is 308 g/mol. The number of rotatable bonds is 5. The molecule has 2 aromatic rings. The lowest BCUT2D eigenvalue weighted by Gasteiger charge is -2.41. The predicted molar refractivity (Wildman–Crippen MR) is 105 cm³/mol. The van der Waals surface area contributed by atoms with Crippen molar-refractivity contribution in [3.63, 3.8) is 0 Å². The maximum atomic E-state index is 13.1. The Morgan fingerprint density at radius 3 is 2.40 bits per heavy atom. The third kappa shape index (κ3) is 3.55. The highest BCUT2D eigenvalue weighted by molar-refractivity contribution is 5.97. The second kappa shape index (κ2) is 7.73. The summed E-state index contributed by atoms with van der Waals surface area (Å²) in [5.74, 6) is 0.372. The summed E-state index contributed by atoms with van der Waals surface area (Å²) in [6, 6.07) is 19.0. The number of carbonyl (C=O) groups excluding carboxylic acids is 1. The minimum absolute atomic E-state index is 0.106. The average Bonchev–Trinajstić information content (AvgIpc) is 2.63. The molecule has 25 heavy (non-hydrogen) atoms. The van der Waals surface area contributed by atoms with Crippen LogP contribution in [-0.4, -0.2) is 11.9 Å². The predicted octanol–water partition coefficient (Wildman–Crippen LogP) is 5.40. The Kier molecular flexibility index (Phi) is 5.42. The first-order valence-corrected chi connectivity index (χ1v) is 9.39. The zero-order valence-corrected chi connectivity index (χ0v) is 15.4. The third-order valence-electron chi connectivity index (χ3n) is 5.28. The fraction of sp³-hybridized carbons (Fsp3) is 0.409. The van der Waals surface area contributed by atoms with E-state index in [2.05, 4.69) is 56.4 Å². The molecule has 132 valence electrons. The lowest BCUT2D eigenvalue weighted by molar-refractivity contribution is -0.123. The van der Waals surface area contributed by atoms with E-state index in [1.54, 1.807) is 0 Å². The van der Waals surface area contributed by atoms with Crippen LogP contribution in [0.4, 0.5) is 11.4 Å². The van der Waals surface area contributed by atoms with Gasteiger partial charge in [0, 0.05) is 23.3 Å². The van der Waals surface area contributed by atoms with Crippen LogP contribution in [0.25, 0.3) is 0 Å². The summed E-state index contributed by atoms with van der Waals surface area (Å²) in [5.41, 5.74) is 3.39. The van der Waals surface area contributed by atoms with E-state index in [-0.39, 0.29) is 23.9 Å². The van der Waals surface area contributed by atoms with E-state index in [4.69, 9.17) is 0 Å². The normalized spacial score (nSPS) is 19.6. The molecule has 0 unspecified atom stereocenters. The molecule has 3 heteroatoms. The van der Waals surface area contributed by atoms with E-state index in [0.29, 0.717) is 0 Å². The van der Waals surface area contributed by atoms with Gasteiger partial charge in [-0.25, -0.2) is 0 Å². The first-order valence-electron chi connectivity index (χ1n) is 9.39. The molecule has 1 N–H and O–H groups in total. The number of nitrogens with zero attached hydrogens (tertiary/aromatic N) is 1. The SMILES string of the molecule is CCC(CC)C(=O)N1c2ccccc2[C@H](Nc2ccccc2)C[C@@H]1C. The fourth-order valence-corrected chi connectivity index (χ4v) is 3.86. The highest BCUT2D eigenvalue weighted by Crippen LogP contribution is 2.39. The molecule has 0 spiro atoms. The molecule has 1 amide bonds. The van der Waals surface area contributed by atoms with E-state index < -0.39 is 0 Å². The van der Waals surface area contributed by atoms with Gasteiger partial charge in [0.15, 0.2) is 0 Å². The molecule has 2 atom stereocenters. The van der Waals surface area contributed by atoms with Crippen LogP contribution in [0, 0.1) is 5.92 Å². The lowest BCUT2D eigenvalue weighted by atomic mass is 9.89. The molecule has 0 saturated heterocycles. The highest BCUT2D eigenvalue weighted by Gasteiger charge is 2.35. The van der Waals surface area contributed by atoms with E-state index in [1.807, 2.05) is 29.2 Å². The molecule has 0 aromatic heterocycles. The highest BCUT2D eigenvalue weighted by atomic mass is 16.2. The van der Waals surface area contributed by atoms with Gasteiger partial charge >= 0.3 is 0 Å². The van der Waals surface area contributed by atoms with Gasteiger partial charge in [-0.3, -0.25) is 4.79 Å². The van der Waals surface area contributed by atoms with Crippen molar-refractivity contribution in [2.45, 2.75) is 52.1 Å². The van der Waals surface area contributed by atoms with E-state index in [0.717, 1.165) is 30.6 Å². The Morgan fingerprint density at radius 2 is 1.72 bits per heavy atom. The van der Waals surface area contributed by atoms with Gasteiger partial charge in [-0.2, -0.15) is 0 Å². The summed E-state index contributed by atoms with van der Waals surface area (Å²) in [6.07, 6.45) is 2.70. The van der Waals surface area contributed by atoms with Crippen molar-refractivity contribution < 1.29 is 4.79 Å². The first-order chi connectivity index (χ1) is 12.2. The monoisotopic (exact) mass is 336 g/mol. The number of hydrogen-bond donors (Lipinski definition) is 1. The van der Waals surface area contributed by atoms with Gasteiger partial charge in [0.1, 0.15) is 0 Å². The minimum atomic E-state index is 0.106. The van der Waals surface area contributed by atoms with Gasteiger partial charge in [-0.05, 0) is 49.9 Å². The van der Waals surface area contributed by atoms with Crippen LogP contribution in [0.15, 0.2) is 54.6 Å². The van der Waals surface area contributed by atoms with Crippen molar-refractivity contribution in [2.24, 2.45) is 5.92 Å². The Morgan fingerprint density at radius 1 is 1.08 bits per heavy atom. The Labute approximate surface area is 151 Å². The van der Waals surface area contributed by atoms with Crippen molar-refractivity contribution in [1.29, 1.82) is 0 Å². The van der Waals surface area contributed by atoms with Gasteiger partial charge in [-0.15, -0.1) is 0 Å². The van der Waals surface area contributed by atoms with E-state index in [1.165, 1.54) is 5.56 Å². The van der Waals surface area contributed by atoms with Gasteiger partial charge in [-0.1, -0.05) is 50.2 Å². The standard InChI is InChI=1S/C22H28N2O/c1-4-17(5-2)22(25)24-16(3)15-20(19-13-9-10-14-21(19)24)23-18-11-7-6-8-12-18/h6-14,16-17,20,23H,4-5,15H2,1-3H3/t16-,20+/m0/s1. The maximum Gasteiger partial charge on any atom is 0.230 e. The largest absolute Gasteiger partial charge is 0.378 e. The number of fused-ring (bicyclic) bond motifs is 1. The number of amides is 1. The number of hydrogen-bond acceptors (Lipinski definition) is 2. The second-order valence-corrected chi connectivity index (χ2v) is 6.93. The molecule has 3 rings (SSSR count). The van der Waals surface area contributed by atoms with Crippen molar-refractivity contribution in [3.05, 3.63) is 60.2 Å². The minimum Gasteiger partial charge on any atom is -0.378 e. The molecule has 0 fully saturated rings. The van der Waals surface area contributed by atoms with Gasteiger partial charge in [0.25, 0.3) is 0 Å². The maximum absolute atomic E-state index is 13.1. The van der Waals surface area contributed by atoms with Crippen LogP contribution in [0.5, 0.6) is 0 Å². The van der Waals surface area contributed by atoms with Crippen molar-refractivity contribution in [3.8, 4) is 0 Å². The molecule has 1 aliphatic rings. The van der Waals surface area contributed by atoms with Gasteiger partial charge in [0.2, 0.25) is 5.91 Å². The second-order valence-electron chi connectivity index (χ2n) is 6.93. The topological polar surface area (TPSA) is 32.3 Å². The third-order valence-corrected chi connectivity index (χ3v) is 5.28. The molecule has 0 saturated carbocycles. The van der Waals surface area contributed by atoms with Crippen LogP contribution in [-0.2, 0) is 4.79 Å².